The smallest absolute Gasteiger partial charge is 0.256 e. The van der Waals surface area contributed by atoms with Gasteiger partial charge in [-0.15, -0.1) is 0 Å². The number of aryl methyl sites for hydroxylation is 2. The van der Waals surface area contributed by atoms with Crippen LogP contribution >= 0.6 is 27.5 Å². The van der Waals surface area contributed by atoms with Crippen LogP contribution in [0.1, 0.15) is 40.5 Å². The van der Waals surface area contributed by atoms with Crippen molar-refractivity contribution in [1.29, 1.82) is 0 Å². The molecule has 1 aromatic heterocycles. The molecular weight excluding hydrogens is 438 g/mol. The van der Waals surface area contributed by atoms with Gasteiger partial charge in [0.1, 0.15) is 5.15 Å². The Bertz CT molecular complexity index is 938. The average Bonchev–Trinajstić information content (AvgIpc) is 2.95. The fourth-order valence-corrected chi connectivity index (χ4v) is 3.66. The lowest BCUT2D eigenvalue weighted by Gasteiger charge is -2.14. The number of nitrogens with one attached hydrogen (secondary N) is 1. The third-order valence-electron chi connectivity index (χ3n) is 4.62. The number of hydrogen-bond donors (Lipinski definition) is 1. The Kier molecular flexibility index (Phi) is 6.92. The number of halogens is 2. The van der Waals surface area contributed by atoms with Gasteiger partial charge < -0.3 is 5.32 Å². The van der Waals surface area contributed by atoms with Gasteiger partial charge in [0.15, 0.2) is 0 Å². The first kappa shape index (κ1) is 20.6. The number of benzene rings is 2. The number of rotatable bonds is 7. The van der Waals surface area contributed by atoms with Crippen LogP contribution in [0.3, 0.4) is 0 Å². The van der Waals surface area contributed by atoms with Crippen molar-refractivity contribution in [3.05, 3.63) is 86.6 Å². The second-order valence-electron chi connectivity index (χ2n) is 6.93. The van der Waals surface area contributed by atoms with Crippen molar-refractivity contribution in [2.24, 2.45) is 0 Å². The molecule has 0 radical (unpaired) electrons. The second kappa shape index (κ2) is 9.39. The van der Waals surface area contributed by atoms with E-state index in [1.807, 2.05) is 56.3 Å². The van der Waals surface area contributed by atoms with Crippen molar-refractivity contribution < 1.29 is 4.79 Å². The maximum Gasteiger partial charge on any atom is 0.256 e. The molecule has 0 spiro atoms. The van der Waals surface area contributed by atoms with E-state index in [1.54, 1.807) is 4.68 Å². The highest BCUT2D eigenvalue weighted by atomic mass is 79.9. The molecule has 0 fully saturated rings. The zero-order chi connectivity index (χ0) is 20.1. The molecule has 1 heterocycles. The summed E-state index contributed by atoms with van der Waals surface area (Å²) in [6.07, 6.45) is 1.75. The molecule has 0 aliphatic carbocycles. The minimum absolute atomic E-state index is 0.0316. The van der Waals surface area contributed by atoms with E-state index in [0.29, 0.717) is 23.0 Å². The third kappa shape index (κ3) is 5.24. The molecule has 0 saturated heterocycles. The predicted molar refractivity (Wildman–Crippen MR) is 117 cm³/mol. The molecule has 3 rings (SSSR count). The molecule has 4 nitrogen and oxygen atoms in total. The van der Waals surface area contributed by atoms with Crippen molar-refractivity contribution in [2.75, 3.05) is 0 Å². The number of amides is 1. The fraction of sp³-hybridized carbons (Fsp3) is 0.273. The van der Waals surface area contributed by atoms with Gasteiger partial charge in [0, 0.05) is 10.5 Å². The SMILES string of the molecule is Cc1nn(Cc2ccccc2)c(Cl)c1C(=O)N[C@@H](C)CCc1ccc(Br)cc1. The van der Waals surface area contributed by atoms with Gasteiger partial charge in [-0.3, -0.25) is 4.79 Å². The van der Waals surface area contributed by atoms with Gasteiger partial charge in [-0.2, -0.15) is 5.10 Å². The Morgan fingerprint density at radius 2 is 1.82 bits per heavy atom. The zero-order valence-corrected chi connectivity index (χ0v) is 18.3. The van der Waals surface area contributed by atoms with Crippen LogP contribution in [-0.4, -0.2) is 21.7 Å². The maximum atomic E-state index is 12.8. The molecule has 28 heavy (non-hydrogen) atoms. The second-order valence-corrected chi connectivity index (χ2v) is 8.21. The summed E-state index contributed by atoms with van der Waals surface area (Å²) in [5.41, 5.74) is 3.42. The van der Waals surface area contributed by atoms with Crippen LogP contribution in [0.15, 0.2) is 59.1 Å². The third-order valence-corrected chi connectivity index (χ3v) is 5.54. The molecule has 0 aliphatic heterocycles. The summed E-state index contributed by atoms with van der Waals surface area (Å²) in [6, 6.07) is 18.2. The van der Waals surface area contributed by atoms with Crippen LogP contribution in [0, 0.1) is 6.92 Å². The molecule has 0 unspecified atom stereocenters. The minimum atomic E-state index is -0.176. The molecule has 1 atom stereocenters. The molecule has 0 aliphatic rings. The molecule has 3 aromatic rings. The first-order chi connectivity index (χ1) is 13.4. The summed E-state index contributed by atoms with van der Waals surface area (Å²) >= 11 is 9.92. The maximum absolute atomic E-state index is 12.8. The van der Waals surface area contributed by atoms with Gasteiger partial charge in [-0.1, -0.05) is 70.0 Å². The van der Waals surface area contributed by atoms with E-state index >= 15 is 0 Å². The first-order valence-corrected chi connectivity index (χ1v) is 10.4. The number of hydrogen-bond acceptors (Lipinski definition) is 2. The highest BCUT2D eigenvalue weighted by molar-refractivity contribution is 9.10. The summed E-state index contributed by atoms with van der Waals surface area (Å²) in [5, 5.41) is 7.88. The van der Waals surface area contributed by atoms with Gasteiger partial charge in [-0.25, -0.2) is 4.68 Å². The quantitative estimate of drug-likeness (QED) is 0.512. The van der Waals surface area contributed by atoms with Gasteiger partial charge in [0.25, 0.3) is 5.91 Å². The monoisotopic (exact) mass is 459 g/mol. The Balaban J connectivity index is 1.62. The molecule has 1 amide bonds. The lowest BCUT2D eigenvalue weighted by atomic mass is 10.1. The van der Waals surface area contributed by atoms with E-state index in [2.05, 4.69) is 38.5 Å². The zero-order valence-electron chi connectivity index (χ0n) is 16.0. The highest BCUT2D eigenvalue weighted by Gasteiger charge is 2.21. The van der Waals surface area contributed by atoms with Crippen LogP contribution in [-0.2, 0) is 13.0 Å². The molecule has 6 heteroatoms. The van der Waals surface area contributed by atoms with Crippen molar-refractivity contribution >= 4 is 33.4 Å². The van der Waals surface area contributed by atoms with Crippen LogP contribution in [0.5, 0.6) is 0 Å². The van der Waals surface area contributed by atoms with Gasteiger partial charge in [0.05, 0.1) is 17.8 Å². The highest BCUT2D eigenvalue weighted by Crippen LogP contribution is 2.21. The summed E-state index contributed by atoms with van der Waals surface area (Å²) in [4.78, 5) is 12.8. The van der Waals surface area contributed by atoms with Crippen LogP contribution in [0.4, 0.5) is 0 Å². The van der Waals surface area contributed by atoms with E-state index in [-0.39, 0.29) is 11.9 Å². The van der Waals surface area contributed by atoms with Crippen LogP contribution in [0.25, 0.3) is 0 Å². The largest absolute Gasteiger partial charge is 0.349 e. The molecule has 146 valence electrons. The number of carbonyl (C=O) groups excluding carboxylic acids is 1. The number of aromatic nitrogens is 2. The van der Waals surface area contributed by atoms with Crippen molar-refractivity contribution in [2.45, 2.75) is 39.3 Å². The van der Waals surface area contributed by atoms with Crippen LogP contribution < -0.4 is 5.32 Å². The van der Waals surface area contributed by atoms with Gasteiger partial charge >= 0.3 is 0 Å². The summed E-state index contributed by atoms with van der Waals surface area (Å²) in [7, 11) is 0. The fourth-order valence-electron chi connectivity index (χ4n) is 3.07. The van der Waals surface area contributed by atoms with Crippen LogP contribution in [0.2, 0.25) is 5.15 Å². The predicted octanol–water partition coefficient (Wildman–Crippen LogP) is 5.41. The molecule has 0 bridgehead atoms. The molecule has 0 saturated carbocycles. The number of nitrogens with zero attached hydrogens (tertiary/aromatic N) is 2. The normalized spacial score (nSPS) is 12.0. The van der Waals surface area contributed by atoms with E-state index in [1.165, 1.54) is 5.56 Å². The lowest BCUT2D eigenvalue weighted by Crippen LogP contribution is -2.33. The summed E-state index contributed by atoms with van der Waals surface area (Å²) in [6.45, 7) is 4.36. The van der Waals surface area contributed by atoms with E-state index in [9.17, 15) is 4.79 Å². The summed E-state index contributed by atoms with van der Waals surface area (Å²) in [5.74, 6) is -0.176. The molecule has 1 N–H and O–H groups in total. The van der Waals surface area contributed by atoms with Gasteiger partial charge in [-0.05, 0) is 49.9 Å². The number of carbonyl (C=O) groups is 1. The Morgan fingerprint density at radius 1 is 1.14 bits per heavy atom. The van der Waals surface area contributed by atoms with Crippen molar-refractivity contribution in [3.63, 3.8) is 0 Å². The Morgan fingerprint density at radius 3 is 2.50 bits per heavy atom. The van der Waals surface area contributed by atoms with Gasteiger partial charge in [0.2, 0.25) is 0 Å². The van der Waals surface area contributed by atoms with E-state index in [0.717, 1.165) is 22.9 Å². The Labute approximate surface area is 179 Å². The topological polar surface area (TPSA) is 46.9 Å². The van der Waals surface area contributed by atoms with E-state index in [4.69, 9.17) is 11.6 Å². The van der Waals surface area contributed by atoms with Crippen molar-refractivity contribution in [1.82, 2.24) is 15.1 Å². The van der Waals surface area contributed by atoms with E-state index < -0.39 is 0 Å². The standard InChI is InChI=1S/C22H23BrClN3O/c1-15(8-9-17-10-12-19(23)13-11-17)25-22(28)20-16(2)26-27(21(20)24)14-18-6-4-3-5-7-18/h3-7,10-13,15H,8-9,14H2,1-2H3,(H,25,28)/t15-/m0/s1. The first-order valence-electron chi connectivity index (χ1n) is 9.26. The lowest BCUT2D eigenvalue weighted by molar-refractivity contribution is 0.0938. The summed E-state index contributed by atoms with van der Waals surface area (Å²) < 4.78 is 2.74. The molecular formula is C22H23BrClN3O. The average molecular weight is 461 g/mol. The minimum Gasteiger partial charge on any atom is -0.349 e. The Hall–Kier alpha value is -2.11. The van der Waals surface area contributed by atoms with Crippen molar-refractivity contribution in [3.8, 4) is 0 Å². The molecule has 2 aromatic carbocycles.